The van der Waals surface area contributed by atoms with E-state index in [1.165, 1.54) is 46.3 Å². The van der Waals surface area contributed by atoms with E-state index in [9.17, 15) is 4.79 Å². The number of hydrogen-bond acceptors (Lipinski definition) is 2. The average molecular weight is 400 g/mol. The van der Waals surface area contributed by atoms with E-state index < -0.39 is 0 Å². The van der Waals surface area contributed by atoms with Crippen molar-refractivity contribution in [2.75, 3.05) is 6.54 Å². The normalized spacial score (nSPS) is 21.0. The highest BCUT2D eigenvalue weighted by atomic mass is 16.3. The number of rotatable bonds is 2. The molecular weight excluding hydrogens is 372 g/mol. The predicted molar refractivity (Wildman–Crippen MR) is 119 cm³/mol. The highest BCUT2D eigenvalue weighted by molar-refractivity contribution is 5.86. The monoisotopic (exact) mass is 399 g/mol. The van der Waals surface area contributed by atoms with Gasteiger partial charge in [0, 0.05) is 30.3 Å². The zero-order valence-corrected chi connectivity index (χ0v) is 17.4. The summed E-state index contributed by atoms with van der Waals surface area (Å²) in [7, 11) is 0. The van der Waals surface area contributed by atoms with Crippen molar-refractivity contribution in [1.82, 2.24) is 4.57 Å². The van der Waals surface area contributed by atoms with Crippen LogP contribution in [0.3, 0.4) is 0 Å². The number of fused-ring (bicyclic) bond motifs is 4. The molecular formula is C26H27N2O2+. The molecule has 0 bridgehead atoms. The third-order valence-corrected chi connectivity index (χ3v) is 7.16. The van der Waals surface area contributed by atoms with E-state index in [2.05, 4.69) is 29.7 Å². The molecule has 152 valence electrons. The fourth-order valence-electron chi connectivity index (χ4n) is 5.81. The molecule has 2 atom stereocenters. The van der Waals surface area contributed by atoms with E-state index in [1.807, 2.05) is 24.3 Å². The third kappa shape index (κ3) is 2.67. The van der Waals surface area contributed by atoms with Gasteiger partial charge in [-0.15, -0.1) is 0 Å². The average Bonchev–Trinajstić information content (AvgIpc) is 2.95. The van der Waals surface area contributed by atoms with Gasteiger partial charge in [-0.2, -0.15) is 0 Å². The molecule has 0 spiro atoms. The van der Waals surface area contributed by atoms with E-state index in [0.717, 1.165) is 31.6 Å². The molecule has 30 heavy (non-hydrogen) atoms. The molecule has 0 saturated heterocycles. The molecule has 1 unspecified atom stereocenters. The van der Waals surface area contributed by atoms with Crippen molar-refractivity contribution in [3.63, 3.8) is 0 Å². The summed E-state index contributed by atoms with van der Waals surface area (Å²) in [6, 6.07) is 14.9. The van der Waals surface area contributed by atoms with Gasteiger partial charge < -0.3 is 13.9 Å². The molecule has 4 aromatic rings. The van der Waals surface area contributed by atoms with Crippen molar-refractivity contribution in [3.05, 3.63) is 81.3 Å². The Morgan fingerprint density at radius 3 is 2.97 bits per heavy atom. The van der Waals surface area contributed by atoms with Crippen molar-refractivity contribution in [2.45, 2.75) is 51.7 Å². The minimum absolute atomic E-state index is 0.126. The fourth-order valence-corrected chi connectivity index (χ4v) is 5.81. The van der Waals surface area contributed by atoms with Crippen LogP contribution >= 0.6 is 0 Å². The van der Waals surface area contributed by atoms with E-state index in [4.69, 9.17) is 4.42 Å². The van der Waals surface area contributed by atoms with Crippen molar-refractivity contribution in [1.29, 1.82) is 0 Å². The summed E-state index contributed by atoms with van der Waals surface area (Å²) < 4.78 is 8.40. The minimum atomic E-state index is 0.126. The highest BCUT2D eigenvalue weighted by Gasteiger charge is 2.36. The second-order valence-corrected chi connectivity index (χ2v) is 9.01. The first-order valence-corrected chi connectivity index (χ1v) is 11.2. The molecule has 0 saturated carbocycles. The van der Waals surface area contributed by atoms with Crippen LogP contribution < -0.4 is 10.3 Å². The summed E-state index contributed by atoms with van der Waals surface area (Å²) >= 11 is 0. The van der Waals surface area contributed by atoms with Gasteiger partial charge in [0.25, 0.3) is 0 Å². The zero-order chi connectivity index (χ0) is 20.2. The van der Waals surface area contributed by atoms with Crippen LogP contribution in [0.2, 0.25) is 0 Å². The molecule has 0 fully saturated rings. The molecule has 1 N–H and O–H groups in total. The SMILES string of the molecule is Cc1ccc2c(c1)c1c3n2CCC[NH+](Cc2coc4ccccc4c2=O)[C@H]3CCC1. The first kappa shape index (κ1) is 18.0. The van der Waals surface area contributed by atoms with Crippen LogP contribution in [-0.4, -0.2) is 11.1 Å². The Hall–Kier alpha value is -2.85. The van der Waals surface area contributed by atoms with Gasteiger partial charge in [-0.05, 0) is 49.6 Å². The van der Waals surface area contributed by atoms with Crippen molar-refractivity contribution in [3.8, 4) is 0 Å². The third-order valence-electron chi connectivity index (χ3n) is 7.16. The molecule has 0 radical (unpaired) electrons. The second-order valence-electron chi connectivity index (χ2n) is 9.01. The molecule has 2 aliphatic rings. The summed E-state index contributed by atoms with van der Waals surface area (Å²) in [4.78, 5) is 14.6. The van der Waals surface area contributed by atoms with Gasteiger partial charge in [-0.1, -0.05) is 23.8 Å². The smallest absolute Gasteiger partial charge is 0.201 e. The van der Waals surface area contributed by atoms with E-state index >= 15 is 0 Å². The Morgan fingerprint density at radius 2 is 2.03 bits per heavy atom. The highest BCUT2D eigenvalue weighted by Crippen LogP contribution is 2.37. The van der Waals surface area contributed by atoms with Crippen LogP contribution in [-0.2, 0) is 19.5 Å². The second kappa shape index (κ2) is 6.85. The van der Waals surface area contributed by atoms with Gasteiger partial charge in [0.15, 0.2) is 0 Å². The van der Waals surface area contributed by atoms with E-state index in [0.29, 0.717) is 17.0 Å². The lowest BCUT2D eigenvalue weighted by atomic mass is 9.90. The molecule has 4 heteroatoms. The van der Waals surface area contributed by atoms with Crippen molar-refractivity contribution >= 4 is 21.9 Å². The van der Waals surface area contributed by atoms with Gasteiger partial charge in [0.2, 0.25) is 5.43 Å². The molecule has 1 aliphatic heterocycles. The Labute approximate surface area is 175 Å². The molecule has 0 amide bonds. The molecule has 4 nitrogen and oxygen atoms in total. The standard InChI is InChI=1S/C26H26N2O2/c1-17-10-11-22-21(14-17)19-7-4-8-23-25(19)28(22)13-5-12-27(23)15-18-16-30-24-9-3-2-6-20(24)26(18)29/h2-3,6,9-11,14,16,23H,4-5,7-8,12-13,15H2,1H3/p+1/t23-/m0/s1. The number of para-hydroxylation sites is 1. The van der Waals surface area contributed by atoms with Crippen LogP contribution in [0, 0.1) is 6.92 Å². The topological polar surface area (TPSA) is 39.6 Å². The lowest BCUT2D eigenvalue weighted by Crippen LogP contribution is -3.11. The van der Waals surface area contributed by atoms with Crippen LogP contribution in [0.1, 0.15) is 47.7 Å². The predicted octanol–water partition coefficient (Wildman–Crippen LogP) is 3.92. The maximum absolute atomic E-state index is 13.1. The van der Waals surface area contributed by atoms with Crippen molar-refractivity contribution < 1.29 is 9.32 Å². The molecule has 1 aliphatic carbocycles. The number of nitrogens with zero attached hydrogens (tertiary/aromatic N) is 1. The van der Waals surface area contributed by atoms with E-state index in [-0.39, 0.29) is 5.43 Å². The van der Waals surface area contributed by atoms with Gasteiger partial charge in [0.05, 0.1) is 23.2 Å². The Morgan fingerprint density at radius 1 is 1.13 bits per heavy atom. The van der Waals surface area contributed by atoms with Crippen LogP contribution in [0.4, 0.5) is 0 Å². The summed E-state index contributed by atoms with van der Waals surface area (Å²) in [6.45, 7) is 5.08. The number of aryl methyl sites for hydroxylation is 3. The summed E-state index contributed by atoms with van der Waals surface area (Å²) in [6.07, 6.45) is 6.42. The van der Waals surface area contributed by atoms with Crippen LogP contribution in [0.5, 0.6) is 0 Å². The number of hydrogen-bond donors (Lipinski definition) is 1. The number of nitrogens with one attached hydrogen (secondary N) is 1. The van der Waals surface area contributed by atoms with Gasteiger partial charge in [-0.3, -0.25) is 4.79 Å². The molecule has 3 heterocycles. The van der Waals surface area contributed by atoms with Crippen molar-refractivity contribution in [2.24, 2.45) is 0 Å². The largest absolute Gasteiger partial charge is 0.464 e. The number of benzene rings is 2. The first-order chi connectivity index (χ1) is 14.7. The summed E-state index contributed by atoms with van der Waals surface area (Å²) in [5, 5.41) is 2.14. The Bertz CT molecular complexity index is 1330. The van der Waals surface area contributed by atoms with E-state index in [1.54, 1.807) is 11.8 Å². The van der Waals surface area contributed by atoms with Crippen LogP contribution in [0.25, 0.3) is 21.9 Å². The number of quaternary nitrogens is 1. The molecule has 6 rings (SSSR count). The molecule has 2 aromatic heterocycles. The van der Waals surface area contributed by atoms with Gasteiger partial charge in [0.1, 0.15) is 24.4 Å². The van der Waals surface area contributed by atoms with Crippen LogP contribution in [0.15, 0.2) is 57.9 Å². The van der Waals surface area contributed by atoms with Gasteiger partial charge in [-0.25, -0.2) is 0 Å². The quantitative estimate of drug-likeness (QED) is 0.555. The lowest BCUT2D eigenvalue weighted by Gasteiger charge is -2.30. The maximum Gasteiger partial charge on any atom is 0.201 e. The summed E-state index contributed by atoms with van der Waals surface area (Å²) in [5.41, 5.74) is 7.41. The summed E-state index contributed by atoms with van der Waals surface area (Å²) in [5.74, 6) is 0. The Balaban J connectivity index is 1.45. The maximum atomic E-state index is 13.1. The fraction of sp³-hybridized carbons (Fsp3) is 0.346. The van der Waals surface area contributed by atoms with Gasteiger partial charge >= 0.3 is 0 Å². The number of aromatic nitrogens is 1. The first-order valence-electron chi connectivity index (χ1n) is 11.2. The Kier molecular flexibility index (Phi) is 4.10. The molecule has 2 aromatic carbocycles. The minimum Gasteiger partial charge on any atom is -0.464 e. The zero-order valence-electron chi connectivity index (χ0n) is 17.4. The lowest BCUT2D eigenvalue weighted by molar-refractivity contribution is -0.945.